The number of hydrogen-bond acceptors (Lipinski definition) is 3. The number of piperazine rings is 1. The fourth-order valence-electron chi connectivity index (χ4n) is 2.46. The standard InChI is InChI=1S/C12H24N2O/c1-3-6-13-7-9-14(10-8-13)11-12(15-2)4-5-12/h3-11H2,1-2H3. The van der Waals surface area contributed by atoms with E-state index in [1.807, 2.05) is 7.11 Å². The molecule has 3 nitrogen and oxygen atoms in total. The molecule has 0 amide bonds. The lowest BCUT2D eigenvalue weighted by Gasteiger charge is -2.36. The number of rotatable bonds is 5. The molecule has 0 aromatic heterocycles. The second-order valence-electron chi connectivity index (χ2n) is 5.00. The third kappa shape index (κ3) is 2.92. The largest absolute Gasteiger partial charge is 0.377 e. The molecule has 0 bridgehead atoms. The molecule has 1 saturated carbocycles. The highest BCUT2D eigenvalue weighted by molar-refractivity contribution is 4.98. The highest BCUT2D eigenvalue weighted by Gasteiger charge is 2.44. The first-order chi connectivity index (χ1) is 7.28. The maximum absolute atomic E-state index is 5.57. The Balaban J connectivity index is 1.69. The molecular weight excluding hydrogens is 188 g/mol. The molecule has 1 aliphatic carbocycles. The lowest BCUT2D eigenvalue weighted by Crippen LogP contribution is -2.49. The minimum Gasteiger partial charge on any atom is -0.377 e. The second-order valence-corrected chi connectivity index (χ2v) is 5.00. The molecule has 88 valence electrons. The van der Waals surface area contributed by atoms with Gasteiger partial charge in [-0.25, -0.2) is 0 Å². The fraction of sp³-hybridized carbons (Fsp3) is 1.00. The van der Waals surface area contributed by atoms with Crippen molar-refractivity contribution in [1.82, 2.24) is 9.80 Å². The second kappa shape index (κ2) is 4.81. The molecule has 0 atom stereocenters. The van der Waals surface area contributed by atoms with Crippen molar-refractivity contribution in [2.45, 2.75) is 31.8 Å². The van der Waals surface area contributed by atoms with Gasteiger partial charge in [-0.15, -0.1) is 0 Å². The van der Waals surface area contributed by atoms with E-state index in [-0.39, 0.29) is 5.60 Å². The Morgan fingerprint density at radius 2 is 1.67 bits per heavy atom. The van der Waals surface area contributed by atoms with Crippen molar-refractivity contribution in [3.05, 3.63) is 0 Å². The van der Waals surface area contributed by atoms with Crippen molar-refractivity contribution in [2.24, 2.45) is 0 Å². The zero-order valence-electron chi connectivity index (χ0n) is 10.2. The van der Waals surface area contributed by atoms with E-state index in [4.69, 9.17) is 4.74 Å². The molecule has 2 rings (SSSR count). The predicted octanol–water partition coefficient (Wildman–Crippen LogP) is 1.19. The van der Waals surface area contributed by atoms with Gasteiger partial charge in [0.1, 0.15) is 0 Å². The normalized spacial score (nSPS) is 26.8. The number of nitrogens with zero attached hydrogens (tertiary/aromatic N) is 2. The Kier molecular flexibility index (Phi) is 3.65. The van der Waals surface area contributed by atoms with Crippen LogP contribution >= 0.6 is 0 Å². The average molecular weight is 212 g/mol. The van der Waals surface area contributed by atoms with Gasteiger partial charge >= 0.3 is 0 Å². The molecule has 0 N–H and O–H groups in total. The van der Waals surface area contributed by atoms with E-state index in [0.717, 1.165) is 6.54 Å². The van der Waals surface area contributed by atoms with Crippen LogP contribution in [-0.4, -0.2) is 61.8 Å². The summed E-state index contributed by atoms with van der Waals surface area (Å²) in [6.07, 6.45) is 3.80. The average Bonchev–Trinajstić information content (AvgIpc) is 3.02. The third-order valence-corrected chi connectivity index (χ3v) is 3.76. The molecule has 0 spiro atoms. The maximum Gasteiger partial charge on any atom is 0.0807 e. The molecular formula is C12H24N2O. The van der Waals surface area contributed by atoms with Gasteiger partial charge in [0.2, 0.25) is 0 Å². The Labute approximate surface area is 93.4 Å². The molecule has 1 saturated heterocycles. The zero-order chi connectivity index (χ0) is 10.7. The van der Waals surface area contributed by atoms with Crippen molar-refractivity contribution in [3.63, 3.8) is 0 Å². The Morgan fingerprint density at radius 3 is 2.13 bits per heavy atom. The van der Waals surface area contributed by atoms with Gasteiger partial charge in [-0.3, -0.25) is 4.90 Å². The minimum absolute atomic E-state index is 0.243. The smallest absolute Gasteiger partial charge is 0.0807 e. The van der Waals surface area contributed by atoms with Crippen LogP contribution in [0.1, 0.15) is 26.2 Å². The van der Waals surface area contributed by atoms with Gasteiger partial charge in [-0.2, -0.15) is 0 Å². The minimum atomic E-state index is 0.243. The molecule has 2 aliphatic rings. The van der Waals surface area contributed by atoms with Crippen molar-refractivity contribution in [1.29, 1.82) is 0 Å². The van der Waals surface area contributed by atoms with Crippen molar-refractivity contribution in [2.75, 3.05) is 46.4 Å². The zero-order valence-corrected chi connectivity index (χ0v) is 10.2. The maximum atomic E-state index is 5.57. The van der Waals surface area contributed by atoms with Crippen LogP contribution in [-0.2, 0) is 4.74 Å². The van der Waals surface area contributed by atoms with Gasteiger partial charge in [0.05, 0.1) is 5.60 Å². The molecule has 0 radical (unpaired) electrons. The summed E-state index contributed by atoms with van der Waals surface area (Å²) in [7, 11) is 1.86. The SMILES string of the molecule is CCCN1CCN(CC2(OC)CC2)CC1. The van der Waals surface area contributed by atoms with Crippen molar-refractivity contribution in [3.8, 4) is 0 Å². The summed E-state index contributed by atoms with van der Waals surface area (Å²) in [4.78, 5) is 5.14. The summed E-state index contributed by atoms with van der Waals surface area (Å²) in [6, 6.07) is 0. The highest BCUT2D eigenvalue weighted by Crippen LogP contribution is 2.39. The first kappa shape index (κ1) is 11.4. The molecule has 0 unspecified atom stereocenters. The van der Waals surface area contributed by atoms with Gasteiger partial charge in [0.15, 0.2) is 0 Å². The van der Waals surface area contributed by atoms with E-state index in [1.165, 1.54) is 52.0 Å². The van der Waals surface area contributed by atoms with Gasteiger partial charge in [0.25, 0.3) is 0 Å². The molecule has 3 heteroatoms. The summed E-state index contributed by atoms with van der Waals surface area (Å²) in [5, 5.41) is 0. The summed E-state index contributed by atoms with van der Waals surface area (Å²) >= 11 is 0. The van der Waals surface area contributed by atoms with E-state index in [9.17, 15) is 0 Å². The molecule has 0 aromatic rings. The first-order valence-corrected chi connectivity index (χ1v) is 6.28. The van der Waals surface area contributed by atoms with Gasteiger partial charge in [-0.05, 0) is 25.8 Å². The first-order valence-electron chi connectivity index (χ1n) is 6.28. The van der Waals surface area contributed by atoms with Crippen LogP contribution in [0.25, 0.3) is 0 Å². The van der Waals surface area contributed by atoms with E-state index < -0.39 is 0 Å². The Hall–Kier alpha value is -0.120. The van der Waals surface area contributed by atoms with Gasteiger partial charge in [0, 0.05) is 39.8 Å². The van der Waals surface area contributed by atoms with E-state index >= 15 is 0 Å². The third-order valence-electron chi connectivity index (χ3n) is 3.76. The van der Waals surface area contributed by atoms with Gasteiger partial charge in [-0.1, -0.05) is 6.92 Å². The summed E-state index contributed by atoms with van der Waals surface area (Å²) in [5.41, 5.74) is 0.243. The summed E-state index contributed by atoms with van der Waals surface area (Å²) in [5.74, 6) is 0. The van der Waals surface area contributed by atoms with Crippen molar-refractivity contribution >= 4 is 0 Å². The van der Waals surface area contributed by atoms with Crippen LogP contribution < -0.4 is 0 Å². The quantitative estimate of drug-likeness (QED) is 0.681. The lowest BCUT2D eigenvalue weighted by molar-refractivity contribution is 0.0259. The Bertz CT molecular complexity index is 196. The molecule has 1 aliphatic heterocycles. The number of ether oxygens (including phenoxy) is 1. The predicted molar refractivity (Wildman–Crippen MR) is 62.1 cm³/mol. The monoisotopic (exact) mass is 212 g/mol. The topological polar surface area (TPSA) is 15.7 Å². The van der Waals surface area contributed by atoms with E-state index in [1.54, 1.807) is 0 Å². The lowest BCUT2D eigenvalue weighted by atomic mass is 10.2. The number of hydrogen-bond donors (Lipinski definition) is 0. The Morgan fingerprint density at radius 1 is 1.07 bits per heavy atom. The summed E-state index contributed by atoms with van der Waals surface area (Å²) in [6.45, 7) is 9.63. The van der Waals surface area contributed by atoms with E-state index in [2.05, 4.69) is 16.7 Å². The number of methoxy groups -OCH3 is 1. The van der Waals surface area contributed by atoms with Crippen LogP contribution in [0.4, 0.5) is 0 Å². The van der Waals surface area contributed by atoms with Crippen LogP contribution in [0.5, 0.6) is 0 Å². The van der Waals surface area contributed by atoms with Crippen LogP contribution in [0.15, 0.2) is 0 Å². The highest BCUT2D eigenvalue weighted by atomic mass is 16.5. The van der Waals surface area contributed by atoms with Crippen molar-refractivity contribution < 1.29 is 4.74 Å². The molecule has 15 heavy (non-hydrogen) atoms. The molecule has 1 heterocycles. The molecule has 0 aromatic carbocycles. The van der Waals surface area contributed by atoms with Crippen LogP contribution in [0.2, 0.25) is 0 Å². The molecule has 2 fully saturated rings. The van der Waals surface area contributed by atoms with Crippen LogP contribution in [0, 0.1) is 0 Å². The van der Waals surface area contributed by atoms with Gasteiger partial charge < -0.3 is 9.64 Å². The van der Waals surface area contributed by atoms with E-state index in [0.29, 0.717) is 0 Å². The summed E-state index contributed by atoms with van der Waals surface area (Å²) < 4.78 is 5.57. The van der Waals surface area contributed by atoms with Crippen LogP contribution in [0.3, 0.4) is 0 Å². The fourth-order valence-corrected chi connectivity index (χ4v) is 2.46.